The molecule has 0 spiro atoms. The molecule has 10 heteroatoms. The summed E-state index contributed by atoms with van der Waals surface area (Å²) in [5.74, 6) is -1.31. The van der Waals surface area contributed by atoms with Gasteiger partial charge in [0.25, 0.3) is 0 Å². The van der Waals surface area contributed by atoms with E-state index < -0.39 is 22.0 Å². The summed E-state index contributed by atoms with van der Waals surface area (Å²) in [5, 5.41) is 19.0. The van der Waals surface area contributed by atoms with Crippen LogP contribution in [0.3, 0.4) is 0 Å². The number of aromatic amines is 1. The van der Waals surface area contributed by atoms with Crippen molar-refractivity contribution in [3.8, 4) is 6.07 Å². The van der Waals surface area contributed by atoms with Gasteiger partial charge in [-0.1, -0.05) is 17.7 Å². The minimum atomic E-state index is -4.14. The van der Waals surface area contributed by atoms with Crippen LogP contribution in [-0.2, 0) is 21.4 Å². The molecule has 0 saturated carbocycles. The van der Waals surface area contributed by atoms with Crippen LogP contribution in [-0.4, -0.2) is 35.1 Å². The second-order valence-electron chi connectivity index (χ2n) is 5.81. The third-order valence-electron chi connectivity index (χ3n) is 4.11. The van der Waals surface area contributed by atoms with Gasteiger partial charge in [-0.2, -0.15) is 9.98 Å². The number of aliphatic carboxylic acids is 1. The first-order valence-electron chi connectivity index (χ1n) is 7.89. The summed E-state index contributed by atoms with van der Waals surface area (Å²) < 4.78 is 29.4. The molecular formula is C17H15ClN4O4S. The number of hydrogen-bond donors (Lipinski definition) is 3. The molecule has 0 amide bonds. The van der Waals surface area contributed by atoms with Gasteiger partial charge in [0.1, 0.15) is 17.8 Å². The van der Waals surface area contributed by atoms with Gasteiger partial charge < -0.3 is 14.7 Å². The summed E-state index contributed by atoms with van der Waals surface area (Å²) in [6.45, 7) is 0.171. The van der Waals surface area contributed by atoms with Crippen LogP contribution in [0.15, 0.2) is 47.6 Å². The van der Waals surface area contributed by atoms with Crippen molar-refractivity contribution in [3.63, 3.8) is 0 Å². The Morgan fingerprint density at radius 3 is 2.85 bits per heavy atom. The van der Waals surface area contributed by atoms with Crippen molar-refractivity contribution in [1.29, 1.82) is 5.26 Å². The van der Waals surface area contributed by atoms with Gasteiger partial charge in [-0.3, -0.25) is 4.79 Å². The van der Waals surface area contributed by atoms with E-state index in [9.17, 15) is 18.3 Å². The number of halogens is 1. The molecule has 1 unspecified atom stereocenters. The maximum atomic E-state index is 12.8. The van der Waals surface area contributed by atoms with Crippen LogP contribution in [0.4, 0.5) is 0 Å². The van der Waals surface area contributed by atoms with Crippen molar-refractivity contribution >= 4 is 38.5 Å². The number of hydrogen-bond acceptors (Lipinski definition) is 4. The van der Waals surface area contributed by atoms with E-state index in [2.05, 4.69) is 9.71 Å². The zero-order valence-electron chi connectivity index (χ0n) is 13.9. The van der Waals surface area contributed by atoms with E-state index >= 15 is 0 Å². The Kier molecular flexibility index (Phi) is 5.23. The summed E-state index contributed by atoms with van der Waals surface area (Å²) in [6, 6.07) is 8.45. The lowest BCUT2D eigenvalue weighted by Crippen LogP contribution is -2.41. The average molecular weight is 407 g/mol. The van der Waals surface area contributed by atoms with E-state index in [4.69, 9.17) is 16.9 Å². The first-order valence-corrected chi connectivity index (χ1v) is 9.75. The van der Waals surface area contributed by atoms with E-state index in [0.29, 0.717) is 16.6 Å². The number of H-pyrrole nitrogens is 1. The van der Waals surface area contributed by atoms with Crippen LogP contribution in [0.25, 0.3) is 10.9 Å². The number of carboxylic acid groups (broad SMARTS) is 1. The fourth-order valence-corrected chi connectivity index (χ4v) is 4.58. The molecule has 1 aromatic carbocycles. The molecule has 3 rings (SSSR count). The van der Waals surface area contributed by atoms with Crippen molar-refractivity contribution in [2.45, 2.75) is 23.9 Å². The monoisotopic (exact) mass is 406 g/mol. The number of nitrogens with zero attached hydrogens (tertiary/aromatic N) is 2. The van der Waals surface area contributed by atoms with E-state index in [-0.39, 0.29) is 22.9 Å². The lowest BCUT2D eigenvalue weighted by atomic mass is 10.2. The number of benzene rings is 1. The van der Waals surface area contributed by atoms with Crippen LogP contribution >= 0.6 is 11.6 Å². The van der Waals surface area contributed by atoms with Crippen molar-refractivity contribution < 1.29 is 18.3 Å². The molecule has 3 aromatic rings. The van der Waals surface area contributed by atoms with Crippen molar-refractivity contribution in [3.05, 3.63) is 53.4 Å². The van der Waals surface area contributed by atoms with Gasteiger partial charge in [0.2, 0.25) is 10.0 Å². The first kappa shape index (κ1) is 19.0. The average Bonchev–Trinajstić information content (AvgIpc) is 3.24. The number of carboxylic acids is 1. The third-order valence-corrected chi connectivity index (χ3v) is 5.92. The number of fused-ring (bicyclic) bond motifs is 1. The smallest absolute Gasteiger partial charge is 0.321 e. The topological polar surface area (TPSA) is 128 Å². The third kappa shape index (κ3) is 3.83. The van der Waals surface area contributed by atoms with Crippen LogP contribution in [0.1, 0.15) is 12.1 Å². The van der Waals surface area contributed by atoms with Gasteiger partial charge >= 0.3 is 5.97 Å². The highest BCUT2D eigenvalue weighted by molar-refractivity contribution is 7.89. The minimum absolute atomic E-state index is 0.0330. The van der Waals surface area contributed by atoms with Crippen molar-refractivity contribution in [2.75, 3.05) is 0 Å². The lowest BCUT2D eigenvalue weighted by Gasteiger charge is -2.16. The van der Waals surface area contributed by atoms with Gasteiger partial charge in [0.05, 0.1) is 9.92 Å². The van der Waals surface area contributed by atoms with Crippen molar-refractivity contribution in [2.24, 2.45) is 0 Å². The molecule has 0 saturated heterocycles. The number of sulfonamides is 1. The Bertz CT molecular complexity index is 1140. The lowest BCUT2D eigenvalue weighted by molar-refractivity contribution is -0.139. The summed E-state index contributed by atoms with van der Waals surface area (Å²) in [4.78, 5) is 14.3. The van der Waals surface area contributed by atoms with E-state index in [1.807, 2.05) is 6.07 Å². The molecule has 0 fully saturated rings. The predicted molar refractivity (Wildman–Crippen MR) is 98.8 cm³/mol. The van der Waals surface area contributed by atoms with E-state index in [1.165, 1.54) is 12.3 Å². The fourth-order valence-electron chi connectivity index (χ4n) is 2.80. The summed E-state index contributed by atoms with van der Waals surface area (Å²) in [7, 11) is -4.14. The maximum Gasteiger partial charge on any atom is 0.321 e. The Labute approximate surface area is 160 Å². The molecule has 8 nitrogen and oxygen atoms in total. The molecule has 0 aliphatic heterocycles. The summed E-state index contributed by atoms with van der Waals surface area (Å²) in [6.07, 6.45) is 3.07. The number of aromatic nitrogens is 2. The molecule has 140 valence electrons. The highest BCUT2D eigenvalue weighted by Crippen LogP contribution is 2.29. The summed E-state index contributed by atoms with van der Waals surface area (Å²) >= 11 is 6.07. The Morgan fingerprint density at radius 2 is 2.15 bits per heavy atom. The molecule has 2 aromatic heterocycles. The van der Waals surface area contributed by atoms with Gasteiger partial charge in [0, 0.05) is 29.8 Å². The van der Waals surface area contributed by atoms with Crippen molar-refractivity contribution in [1.82, 2.24) is 14.3 Å². The quantitative estimate of drug-likeness (QED) is 0.554. The predicted octanol–water partition coefficient (Wildman–Crippen LogP) is 2.32. The maximum absolute atomic E-state index is 12.8. The van der Waals surface area contributed by atoms with Gasteiger partial charge in [-0.05, 0) is 30.7 Å². The zero-order valence-corrected chi connectivity index (χ0v) is 15.5. The normalized spacial score (nSPS) is 12.7. The highest BCUT2D eigenvalue weighted by atomic mass is 35.5. The summed E-state index contributed by atoms with van der Waals surface area (Å²) in [5.41, 5.74) is 0.895. The first-order chi connectivity index (χ1) is 12.8. The molecule has 0 bridgehead atoms. The largest absolute Gasteiger partial charge is 0.480 e. The standard InChI is InChI=1S/C17H15ClN4O4S/c18-12-10-20-13-4-1-5-15(16(12)13)27(25,26)21-14(17(23)24)6-8-22-7-2-3-11(22)9-19/h1-5,7,10,14,20-21H,6,8H2,(H,23,24). The Hall–Kier alpha value is -2.80. The van der Waals surface area contributed by atoms with Crippen LogP contribution in [0.2, 0.25) is 5.02 Å². The number of aryl methyl sites for hydroxylation is 1. The Morgan fingerprint density at radius 1 is 1.37 bits per heavy atom. The van der Waals surface area contributed by atoms with E-state index in [1.54, 1.807) is 35.0 Å². The molecule has 0 radical (unpaired) electrons. The van der Waals surface area contributed by atoms with E-state index in [0.717, 1.165) is 0 Å². The molecule has 0 aliphatic carbocycles. The second-order valence-corrected chi connectivity index (χ2v) is 7.90. The molecule has 27 heavy (non-hydrogen) atoms. The SMILES string of the molecule is N#Cc1cccn1CCC(NS(=O)(=O)c1cccc2[nH]cc(Cl)c12)C(=O)O. The molecular weight excluding hydrogens is 392 g/mol. The number of nitrogens with one attached hydrogen (secondary N) is 2. The van der Waals surface area contributed by atoms with Gasteiger partial charge in [0.15, 0.2) is 0 Å². The molecule has 1 atom stereocenters. The number of carbonyl (C=O) groups is 1. The van der Waals surface area contributed by atoms with Gasteiger partial charge in [-0.25, -0.2) is 8.42 Å². The minimum Gasteiger partial charge on any atom is -0.480 e. The van der Waals surface area contributed by atoms with Crippen LogP contribution < -0.4 is 4.72 Å². The van der Waals surface area contributed by atoms with Gasteiger partial charge in [-0.15, -0.1) is 0 Å². The molecule has 0 aliphatic rings. The zero-order chi connectivity index (χ0) is 19.6. The number of rotatable bonds is 7. The second kappa shape index (κ2) is 7.44. The molecule has 3 N–H and O–H groups in total. The number of nitriles is 1. The fraction of sp³-hybridized carbons (Fsp3) is 0.176. The Balaban J connectivity index is 1.86. The highest BCUT2D eigenvalue weighted by Gasteiger charge is 2.27. The molecule has 2 heterocycles. The van der Waals surface area contributed by atoms with Crippen LogP contribution in [0, 0.1) is 11.3 Å². The van der Waals surface area contributed by atoms with Crippen LogP contribution in [0.5, 0.6) is 0 Å².